The number of fused-ring (bicyclic) bond motifs is 1. The number of amides is 2. The van der Waals surface area contributed by atoms with E-state index in [0.29, 0.717) is 12.2 Å². The number of carbonyl (C=O) groups excluding carboxylic acids is 2. The molecule has 0 bridgehead atoms. The van der Waals surface area contributed by atoms with Gasteiger partial charge in [-0.3, -0.25) is 9.59 Å². The summed E-state index contributed by atoms with van der Waals surface area (Å²) in [5.74, 6) is -0.156. The maximum absolute atomic E-state index is 11.8. The second-order valence-electron chi connectivity index (χ2n) is 3.87. The highest BCUT2D eigenvalue weighted by molar-refractivity contribution is 6.00. The van der Waals surface area contributed by atoms with Gasteiger partial charge in [0.15, 0.2) is 0 Å². The van der Waals surface area contributed by atoms with Gasteiger partial charge < -0.3 is 10.2 Å². The number of rotatable bonds is 2. The fraction of sp³-hybridized carbons (Fsp3) is 0.333. The smallest absolute Gasteiger partial charge is 0.229 e. The molecule has 2 amide bonds. The van der Waals surface area contributed by atoms with Crippen LogP contribution in [0.15, 0.2) is 24.3 Å². The largest absolute Gasteiger partial charge is 0.324 e. The van der Waals surface area contributed by atoms with Gasteiger partial charge in [-0.2, -0.15) is 0 Å². The monoisotopic (exact) mass is 218 g/mol. The average Bonchev–Trinajstić information content (AvgIpc) is 2.45. The SMILES string of the molecule is CC[C@H]1CN(C=O)c2ccccc2NC1=O. The van der Waals surface area contributed by atoms with Gasteiger partial charge in [0, 0.05) is 6.54 Å². The van der Waals surface area contributed by atoms with Gasteiger partial charge in [0.1, 0.15) is 0 Å². The molecule has 1 atom stereocenters. The second-order valence-corrected chi connectivity index (χ2v) is 3.87. The second kappa shape index (κ2) is 4.35. The fourth-order valence-electron chi connectivity index (χ4n) is 1.90. The van der Waals surface area contributed by atoms with Crippen molar-refractivity contribution >= 4 is 23.7 Å². The van der Waals surface area contributed by atoms with Gasteiger partial charge in [-0.25, -0.2) is 0 Å². The van der Waals surface area contributed by atoms with Crippen LogP contribution in [0.4, 0.5) is 11.4 Å². The topological polar surface area (TPSA) is 49.4 Å². The number of para-hydroxylation sites is 2. The highest BCUT2D eigenvalue weighted by Crippen LogP contribution is 2.29. The fourth-order valence-corrected chi connectivity index (χ4v) is 1.90. The summed E-state index contributed by atoms with van der Waals surface area (Å²) in [6.07, 6.45) is 1.51. The van der Waals surface area contributed by atoms with E-state index in [2.05, 4.69) is 5.32 Å². The molecule has 4 nitrogen and oxygen atoms in total. The zero-order valence-corrected chi connectivity index (χ0v) is 9.14. The third-order valence-corrected chi connectivity index (χ3v) is 2.88. The van der Waals surface area contributed by atoms with Crippen LogP contribution in [0.5, 0.6) is 0 Å². The van der Waals surface area contributed by atoms with Crippen molar-refractivity contribution in [3.8, 4) is 0 Å². The molecule has 0 radical (unpaired) electrons. The van der Waals surface area contributed by atoms with Crippen LogP contribution in [0.1, 0.15) is 13.3 Å². The quantitative estimate of drug-likeness (QED) is 0.767. The molecule has 0 unspecified atom stereocenters. The molecule has 0 aromatic heterocycles. The molecule has 84 valence electrons. The van der Waals surface area contributed by atoms with Crippen LogP contribution >= 0.6 is 0 Å². The molecule has 0 fully saturated rings. The summed E-state index contributed by atoms with van der Waals surface area (Å²) in [6, 6.07) is 7.34. The minimum absolute atomic E-state index is 0.0145. The molecule has 0 saturated carbocycles. The normalized spacial score (nSPS) is 19.7. The summed E-state index contributed by atoms with van der Waals surface area (Å²) in [4.78, 5) is 24.4. The molecule has 2 rings (SSSR count). The first-order valence-corrected chi connectivity index (χ1v) is 5.38. The Kier molecular flexibility index (Phi) is 2.90. The molecule has 4 heteroatoms. The summed E-state index contributed by atoms with van der Waals surface area (Å²) in [7, 11) is 0. The van der Waals surface area contributed by atoms with E-state index in [4.69, 9.17) is 0 Å². The third kappa shape index (κ3) is 1.78. The first kappa shape index (κ1) is 10.7. The highest BCUT2D eigenvalue weighted by atomic mass is 16.2. The Balaban J connectivity index is 2.42. The van der Waals surface area contributed by atoms with Crippen LogP contribution < -0.4 is 10.2 Å². The Labute approximate surface area is 94.2 Å². The zero-order valence-electron chi connectivity index (χ0n) is 9.14. The van der Waals surface area contributed by atoms with Crippen molar-refractivity contribution in [1.82, 2.24) is 0 Å². The van der Waals surface area contributed by atoms with E-state index >= 15 is 0 Å². The van der Waals surface area contributed by atoms with E-state index in [-0.39, 0.29) is 11.8 Å². The summed E-state index contributed by atoms with van der Waals surface area (Å²) in [5, 5.41) is 2.85. The average molecular weight is 218 g/mol. The third-order valence-electron chi connectivity index (χ3n) is 2.88. The molecule has 1 N–H and O–H groups in total. The van der Waals surface area contributed by atoms with Crippen molar-refractivity contribution in [2.75, 3.05) is 16.8 Å². The lowest BCUT2D eigenvalue weighted by molar-refractivity contribution is -0.119. The number of hydrogen-bond donors (Lipinski definition) is 1. The van der Waals surface area contributed by atoms with Gasteiger partial charge in [0.2, 0.25) is 12.3 Å². The van der Waals surface area contributed by atoms with Gasteiger partial charge in [-0.15, -0.1) is 0 Å². The van der Waals surface area contributed by atoms with Gasteiger partial charge in [0.25, 0.3) is 0 Å². The molecule has 1 aliphatic heterocycles. The molecular formula is C12H14N2O2. The van der Waals surface area contributed by atoms with E-state index in [1.165, 1.54) is 0 Å². The Morgan fingerprint density at radius 2 is 2.25 bits per heavy atom. The van der Waals surface area contributed by atoms with E-state index in [9.17, 15) is 9.59 Å². The Hall–Kier alpha value is -1.84. The van der Waals surface area contributed by atoms with Crippen LogP contribution in [0.2, 0.25) is 0 Å². The lowest BCUT2D eigenvalue weighted by Gasteiger charge is -2.18. The minimum Gasteiger partial charge on any atom is -0.324 e. The predicted octanol–water partition coefficient (Wildman–Crippen LogP) is 1.63. The van der Waals surface area contributed by atoms with E-state index < -0.39 is 0 Å². The molecule has 1 aromatic carbocycles. The predicted molar refractivity (Wildman–Crippen MR) is 62.3 cm³/mol. The maximum atomic E-state index is 11.8. The van der Waals surface area contributed by atoms with Gasteiger partial charge in [-0.05, 0) is 18.6 Å². The van der Waals surface area contributed by atoms with Crippen LogP contribution in [-0.2, 0) is 9.59 Å². The van der Waals surface area contributed by atoms with E-state index in [0.717, 1.165) is 18.5 Å². The Morgan fingerprint density at radius 1 is 1.50 bits per heavy atom. The van der Waals surface area contributed by atoms with Crippen LogP contribution in [0.25, 0.3) is 0 Å². The van der Waals surface area contributed by atoms with Gasteiger partial charge >= 0.3 is 0 Å². The molecule has 0 aliphatic carbocycles. The molecule has 1 heterocycles. The van der Waals surface area contributed by atoms with E-state index in [1.54, 1.807) is 4.90 Å². The van der Waals surface area contributed by atoms with Gasteiger partial charge in [-0.1, -0.05) is 19.1 Å². The maximum Gasteiger partial charge on any atom is 0.229 e. The van der Waals surface area contributed by atoms with Crippen molar-refractivity contribution in [3.63, 3.8) is 0 Å². The summed E-state index contributed by atoms with van der Waals surface area (Å²) >= 11 is 0. The van der Waals surface area contributed by atoms with Gasteiger partial charge in [0.05, 0.1) is 17.3 Å². The van der Waals surface area contributed by atoms with Crippen molar-refractivity contribution in [2.45, 2.75) is 13.3 Å². The molecule has 0 spiro atoms. The standard InChI is InChI=1S/C12H14N2O2/c1-2-9-7-14(8-15)11-6-4-3-5-10(11)13-12(9)16/h3-6,8-9H,2,7H2,1H3,(H,13,16)/t9-/m0/s1. The summed E-state index contributed by atoms with van der Waals surface area (Å²) in [5.41, 5.74) is 1.47. The molecular weight excluding hydrogens is 204 g/mol. The lowest BCUT2D eigenvalue weighted by Crippen LogP contribution is -2.31. The number of hydrogen-bond acceptors (Lipinski definition) is 2. The van der Waals surface area contributed by atoms with Crippen molar-refractivity contribution in [2.24, 2.45) is 5.92 Å². The zero-order chi connectivity index (χ0) is 11.5. The summed E-state index contributed by atoms with van der Waals surface area (Å²) in [6.45, 7) is 2.39. The van der Waals surface area contributed by atoms with E-state index in [1.807, 2.05) is 31.2 Å². The number of nitrogens with zero attached hydrogens (tertiary/aromatic N) is 1. The molecule has 1 aromatic rings. The molecule has 0 saturated heterocycles. The first-order valence-electron chi connectivity index (χ1n) is 5.38. The van der Waals surface area contributed by atoms with Crippen LogP contribution in [0.3, 0.4) is 0 Å². The number of nitrogens with one attached hydrogen (secondary N) is 1. The lowest BCUT2D eigenvalue weighted by atomic mass is 10.1. The number of anilines is 2. The minimum atomic E-state index is -0.141. The van der Waals surface area contributed by atoms with Crippen molar-refractivity contribution in [1.29, 1.82) is 0 Å². The Morgan fingerprint density at radius 3 is 2.94 bits per heavy atom. The number of carbonyl (C=O) groups is 2. The van der Waals surface area contributed by atoms with Crippen LogP contribution in [-0.4, -0.2) is 18.9 Å². The molecule has 16 heavy (non-hydrogen) atoms. The Bertz CT molecular complexity index is 417. The summed E-state index contributed by atoms with van der Waals surface area (Å²) < 4.78 is 0. The molecule has 1 aliphatic rings. The highest BCUT2D eigenvalue weighted by Gasteiger charge is 2.26. The number of benzene rings is 1. The first-order chi connectivity index (χ1) is 7.76. The van der Waals surface area contributed by atoms with Crippen molar-refractivity contribution < 1.29 is 9.59 Å². The van der Waals surface area contributed by atoms with Crippen molar-refractivity contribution in [3.05, 3.63) is 24.3 Å². The van der Waals surface area contributed by atoms with Crippen LogP contribution in [0, 0.1) is 5.92 Å².